The summed E-state index contributed by atoms with van der Waals surface area (Å²) in [4.78, 5) is 13.4. The van der Waals surface area contributed by atoms with Gasteiger partial charge in [-0.1, -0.05) is 113 Å². The summed E-state index contributed by atoms with van der Waals surface area (Å²) in [6.07, 6.45) is 15.8. The summed E-state index contributed by atoms with van der Waals surface area (Å²) < 4.78 is 41.6. The number of hydrogen-bond donors (Lipinski definition) is 1. The van der Waals surface area contributed by atoms with Crippen LogP contribution in [0.5, 0.6) is 0 Å². The number of rotatable bonds is 14. The number of esters is 1. The molecule has 8 nitrogen and oxygen atoms in total. The first-order valence-corrected chi connectivity index (χ1v) is 18.0. The molecule has 1 spiro atoms. The first kappa shape index (κ1) is 34.6. The van der Waals surface area contributed by atoms with Crippen LogP contribution in [0.15, 0.2) is 60.7 Å². The third-order valence-corrected chi connectivity index (χ3v) is 10.4. The minimum atomic E-state index is -4.48. The fourth-order valence-corrected chi connectivity index (χ4v) is 8.02. The zero-order valence-electron chi connectivity index (χ0n) is 26.3. The van der Waals surface area contributed by atoms with Gasteiger partial charge in [0.25, 0.3) is 0 Å². The number of aliphatic hydroxyl groups is 1. The van der Waals surface area contributed by atoms with Crippen LogP contribution in [0.2, 0.25) is 0 Å². The Bertz CT molecular complexity index is 1190. The zero-order chi connectivity index (χ0) is 31.5. The molecule has 44 heavy (non-hydrogen) atoms. The molecule has 3 fully saturated rings. The Morgan fingerprint density at radius 3 is 1.80 bits per heavy atom. The van der Waals surface area contributed by atoms with E-state index in [2.05, 4.69) is 11.1 Å². The Morgan fingerprint density at radius 1 is 0.841 bits per heavy atom. The lowest BCUT2D eigenvalue weighted by Crippen LogP contribution is -2.60. The van der Waals surface area contributed by atoms with Gasteiger partial charge in [0.2, 0.25) is 16.0 Å². The van der Waals surface area contributed by atoms with Crippen LogP contribution in [0, 0.1) is 0 Å². The molecule has 0 saturated carbocycles. The van der Waals surface area contributed by atoms with Gasteiger partial charge in [0.05, 0.1) is 31.8 Å². The van der Waals surface area contributed by atoms with Crippen molar-refractivity contribution < 1.29 is 36.3 Å². The van der Waals surface area contributed by atoms with Crippen LogP contribution in [-0.2, 0) is 29.7 Å². The fraction of sp³-hybridized carbons (Fsp3) is 0.629. The van der Waals surface area contributed by atoms with Crippen LogP contribution in [0.25, 0.3) is 0 Å². The van der Waals surface area contributed by atoms with Crippen molar-refractivity contribution in [2.24, 2.45) is 0 Å². The van der Waals surface area contributed by atoms with E-state index in [1.54, 1.807) is 24.3 Å². The highest BCUT2D eigenvalue weighted by Gasteiger charge is 2.56. The molecule has 2 unspecified atom stereocenters. The molecule has 3 aliphatic rings. The van der Waals surface area contributed by atoms with E-state index in [1.165, 1.54) is 75.4 Å². The van der Waals surface area contributed by atoms with E-state index in [4.69, 9.17) is 4.74 Å². The Morgan fingerprint density at radius 2 is 1.32 bits per heavy atom. The summed E-state index contributed by atoms with van der Waals surface area (Å²) in [5, 5.41) is 11.6. The van der Waals surface area contributed by atoms with Crippen molar-refractivity contribution in [3.63, 3.8) is 0 Å². The van der Waals surface area contributed by atoms with Gasteiger partial charge in [-0.15, -0.1) is 0 Å². The maximum atomic E-state index is 13.4. The van der Waals surface area contributed by atoms with Crippen molar-refractivity contribution in [3.05, 3.63) is 71.8 Å². The lowest BCUT2D eigenvalue weighted by atomic mass is 9.86. The molecule has 2 bridgehead atoms. The molecule has 244 valence electrons. The molecule has 2 aromatic carbocycles. The molecule has 0 aliphatic carbocycles. The molecular formula is C35H51NO7S. The summed E-state index contributed by atoms with van der Waals surface area (Å²) in [6.45, 7) is 4.81. The molecule has 0 aromatic heterocycles. The van der Waals surface area contributed by atoms with Crippen LogP contribution in [0.3, 0.4) is 0 Å². The fourth-order valence-electron chi connectivity index (χ4n) is 7.70. The summed E-state index contributed by atoms with van der Waals surface area (Å²) in [6, 6.07) is 19.6. The molecular weight excluding hydrogens is 578 g/mol. The van der Waals surface area contributed by atoms with E-state index in [0.29, 0.717) is 29.6 Å². The normalized spacial score (nSPS) is 22.4. The summed E-state index contributed by atoms with van der Waals surface area (Å²) in [5.74, 6) is -0.547. The van der Waals surface area contributed by atoms with Gasteiger partial charge in [-0.3, -0.25) is 4.18 Å². The molecule has 2 aromatic rings. The minimum absolute atomic E-state index is 0.0286. The first-order valence-electron chi connectivity index (χ1n) is 16.7. The Hall–Kier alpha value is -2.30. The van der Waals surface area contributed by atoms with Gasteiger partial charge < -0.3 is 18.9 Å². The maximum Gasteiger partial charge on any atom is 0.347 e. The third kappa shape index (κ3) is 8.91. The number of benzene rings is 2. The predicted octanol–water partition coefficient (Wildman–Crippen LogP) is 6.37. The molecule has 0 amide bonds. The highest BCUT2D eigenvalue weighted by molar-refractivity contribution is 7.80. The van der Waals surface area contributed by atoms with Gasteiger partial charge >= 0.3 is 5.97 Å². The summed E-state index contributed by atoms with van der Waals surface area (Å²) in [7, 11) is -4.48. The van der Waals surface area contributed by atoms with Gasteiger partial charge in [-0.2, -0.15) is 0 Å². The van der Waals surface area contributed by atoms with E-state index < -0.39 is 22.0 Å². The average Bonchev–Trinajstić information content (AvgIpc) is 3.57. The number of nitrogens with zero attached hydrogens (tertiary/aromatic N) is 1. The van der Waals surface area contributed by atoms with Gasteiger partial charge in [0, 0.05) is 38.5 Å². The number of piperidine rings is 1. The average molecular weight is 630 g/mol. The zero-order valence-corrected chi connectivity index (χ0v) is 27.1. The smallest absolute Gasteiger partial charge is 0.347 e. The molecule has 2 atom stereocenters. The number of unbranched alkanes of at least 4 members (excludes halogenated alkanes) is 7. The third-order valence-electron chi connectivity index (χ3n) is 9.93. The van der Waals surface area contributed by atoms with Crippen molar-refractivity contribution in [3.8, 4) is 0 Å². The Balaban J connectivity index is 0.000000252. The van der Waals surface area contributed by atoms with Crippen molar-refractivity contribution in [2.45, 2.75) is 121 Å². The summed E-state index contributed by atoms with van der Waals surface area (Å²) in [5.41, 5.74) is -0.671. The molecule has 5 rings (SSSR count). The van der Waals surface area contributed by atoms with Crippen LogP contribution in [-0.4, -0.2) is 66.4 Å². The highest BCUT2D eigenvalue weighted by Crippen LogP contribution is 2.46. The maximum absolute atomic E-state index is 13.4. The summed E-state index contributed by atoms with van der Waals surface area (Å²) >= 11 is 0. The Kier molecular flexibility index (Phi) is 12.8. The lowest BCUT2D eigenvalue weighted by Gasteiger charge is -2.47. The molecule has 3 saturated heterocycles. The molecule has 3 aliphatic heterocycles. The SMILES string of the molecule is CCCCCCCCCCOS(=O)(=O)[O-].O=C(OC1CC2CCC(C1)[N+]21CCCC1)C(O)(c1ccccc1)c1ccccc1. The monoisotopic (exact) mass is 629 g/mol. The highest BCUT2D eigenvalue weighted by atomic mass is 32.3. The van der Waals surface area contributed by atoms with Gasteiger partial charge in [0.1, 0.15) is 6.10 Å². The number of carbonyl (C=O) groups is 1. The standard InChI is InChI=1S/C25H30NO3.C10H22O4S/c27-24(25(28,19-9-3-1-4-10-19)20-11-5-2-6-12-20)29-23-17-21-13-14-22(18-23)26(21)15-7-8-16-26;1-2-3-4-5-6-7-8-9-10-14-15(11,12)13/h1-6,9-12,21-23,28H,7-8,13-18H2;2-10H2,1H3,(H,11,12,13)/q+1;/p-1. The molecule has 9 heteroatoms. The van der Waals surface area contributed by atoms with Crippen molar-refractivity contribution >= 4 is 16.4 Å². The minimum Gasteiger partial charge on any atom is -0.726 e. The van der Waals surface area contributed by atoms with Crippen molar-refractivity contribution in [1.29, 1.82) is 0 Å². The predicted molar refractivity (Wildman–Crippen MR) is 169 cm³/mol. The quantitative estimate of drug-likeness (QED) is 0.0849. The largest absolute Gasteiger partial charge is 0.726 e. The van der Waals surface area contributed by atoms with Crippen LogP contribution in [0.1, 0.15) is 108 Å². The van der Waals surface area contributed by atoms with E-state index >= 15 is 0 Å². The van der Waals surface area contributed by atoms with Gasteiger partial charge in [0.15, 0.2) is 0 Å². The topological polar surface area (TPSA) is 113 Å². The second-order valence-corrected chi connectivity index (χ2v) is 13.8. The Labute approximate surface area is 264 Å². The van der Waals surface area contributed by atoms with Crippen LogP contribution >= 0.6 is 0 Å². The molecule has 0 radical (unpaired) electrons. The van der Waals surface area contributed by atoms with Gasteiger partial charge in [-0.25, -0.2) is 13.2 Å². The number of ether oxygens (including phenoxy) is 1. The first-order chi connectivity index (χ1) is 21.2. The number of quaternary nitrogens is 1. The second kappa shape index (κ2) is 16.3. The van der Waals surface area contributed by atoms with Crippen molar-refractivity contribution in [2.75, 3.05) is 19.7 Å². The van der Waals surface area contributed by atoms with E-state index in [0.717, 1.165) is 25.7 Å². The van der Waals surface area contributed by atoms with E-state index in [9.17, 15) is 22.9 Å². The molecule has 1 N–H and O–H groups in total. The molecule has 3 heterocycles. The van der Waals surface area contributed by atoms with E-state index in [1.807, 2.05) is 36.4 Å². The van der Waals surface area contributed by atoms with Crippen LogP contribution in [0.4, 0.5) is 0 Å². The number of hydrogen-bond acceptors (Lipinski definition) is 7. The van der Waals surface area contributed by atoms with Crippen LogP contribution < -0.4 is 0 Å². The van der Waals surface area contributed by atoms with Crippen molar-refractivity contribution in [1.82, 2.24) is 0 Å². The number of carbonyl (C=O) groups excluding carboxylic acids is 1. The van der Waals surface area contributed by atoms with E-state index in [-0.39, 0.29) is 12.7 Å². The van der Waals surface area contributed by atoms with Gasteiger partial charge in [-0.05, 0) is 17.5 Å². The second-order valence-electron chi connectivity index (χ2n) is 12.8. The lowest BCUT2D eigenvalue weighted by molar-refractivity contribution is -0.956.